The van der Waals surface area contributed by atoms with E-state index in [1.807, 2.05) is 4.90 Å². The van der Waals surface area contributed by atoms with Crippen LogP contribution in [0.25, 0.3) is 0 Å². The summed E-state index contributed by atoms with van der Waals surface area (Å²) >= 11 is 12.9. The van der Waals surface area contributed by atoms with Gasteiger partial charge in [0.15, 0.2) is 15.2 Å². The number of nitrogens with zero attached hydrogens (tertiary/aromatic N) is 2. The minimum absolute atomic E-state index is 0.0373. The smallest absolute Gasteiger partial charge is 0.351 e. The first-order valence-corrected chi connectivity index (χ1v) is 9.71. The maximum Gasteiger partial charge on any atom is 0.351 e. The molecule has 144 valence electrons. The van der Waals surface area contributed by atoms with Crippen LogP contribution in [0.3, 0.4) is 0 Å². The quantitative estimate of drug-likeness (QED) is 0.733. The average molecular weight is 432 g/mol. The van der Waals surface area contributed by atoms with Crippen LogP contribution in [0.15, 0.2) is 18.2 Å². The van der Waals surface area contributed by atoms with Gasteiger partial charge in [-0.05, 0) is 31.0 Å². The van der Waals surface area contributed by atoms with E-state index in [1.165, 1.54) is 36.6 Å². The molecule has 2 heterocycles. The molecule has 2 aromatic rings. The highest BCUT2D eigenvalue weighted by molar-refractivity contribution is 7.18. The van der Waals surface area contributed by atoms with Gasteiger partial charge in [0.05, 0.1) is 12.1 Å². The number of thiazole rings is 1. The maximum atomic E-state index is 13.2. The van der Waals surface area contributed by atoms with Gasteiger partial charge in [0.25, 0.3) is 0 Å². The average Bonchev–Trinajstić information content (AvgIpc) is 3.06. The molecule has 0 unspecified atom stereocenters. The summed E-state index contributed by atoms with van der Waals surface area (Å²) in [6, 6.07) is 4.07. The minimum Gasteiger partial charge on any atom is -0.465 e. The Kier molecular flexibility index (Phi) is 6.18. The van der Waals surface area contributed by atoms with Gasteiger partial charge >= 0.3 is 5.97 Å². The molecule has 6 nitrogen and oxygen atoms in total. The molecule has 1 N–H and O–H groups in total. The van der Waals surface area contributed by atoms with Crippen LogP contribution in [0.5, 0.6) is 0 Å². The number of anilines is 2. The van der Waals surface area contributed by atoms with Gasteiger partial charge in [-0.2, -0.15) is 0 Å². The van der Waals surface area contributed by atoms with Gasteiger partial charge in [0, 0.05) is 24.7 Å². The molecule has 1 aromatic carbocycles. The normalized spacial score (nSPS) is 14.9. The van der Waals surface area contributed by atoms with Crippen molar-refractivity contribution in [2.75, 3.05) is 30.4 Å². The molecule has 0 bridgehead atoms. The fraction of sp³-hybridized carbons (Fsp3) is 0.353. The van der Waals surface area contributed by atoms with Crippen molar-refractivity contribution in [2.45, 2.75) is 12.8 Å². The van der Waals surface area contributed by atoms with Crippen molar-refractivity contribution in [2.24, 2.45) is 5.92 Å². The van der Waals surface area contributed by atoms with Gasteiger partial charge in [-0.1, -0.05) is 34.5 Å². The Balaban J connectivity index is 1.59. The van der Waals surface area contributed by atoms with E-state index in [-0.39, 0.29) is 26.9 Å². The van der Waals surface area contributed by atoms with Gasteiger partial charge in [-0.15, -0.1) is 0 Å². The topological polar surface area (TPSA) is 71.5 Å². The predicted octanol–water partition coefficient (Wildman–Crippen LogP) is 4.23. The SMILES string of the molecule is COC(=O)c1sc(N2CCC(C(=O)Nc3ccc(F)c(Cl)c3)CC2)nc1Cl. The molecule has 3 rings (SSSR count). The van der Waals surface area contributed by atoms with Crippen LogP contribution in [-0.4, -0.2) is 37.1 Å². The summed E-state index contributed by atoms with van der Waals surface area (Å²) in [5.41, 5.74) is 0.461. The van der Waals surface area contributed by atoms with Gasteiger partial charge < -0.3 is 15.0 Å². The maximum absolute atomic E-state index is 13.2. The fourth-order valence-corrected chi connectivity index (χ4v) is 4.23. The Labute approximate surface area is 169 Å². The number of carbonyl (C=O) groups excluding carboxylic acids is 2. The first kappa shape index (κ1) is 19.9. The number of methoxy groups -OCH3 is 1. The summed E-state index contributed by atoms with van der Waals surface area (Å²) in [6.07, 6.45) is 1.23. The lowest BCUT2D eigenvalue weighted by atomic mass is 9.96. The molecule has 27 heavy (non-hydrogen) atoms. The molecule has 0 saturated carbocycles. The first-order chi connectivity index (χ1) is 12.9. The molecule has 1 saturated heterocycles. The van der Waals surface area contributed by atoms with Crippen molar-refractivity contribution in [1.29, 1.82) is 0 Å². The van der Waals surface area contributed by atoms with E-state index >= 15 is 0 Å². The monoisotopic (exact) mass is 431 g/mol. The van der Waals surface area contributed by atoms with Crippen LogP contribution < -0.4 is 10.2 Å². The van der Waals surface area contributed by atoms with Crippen molar-refractivity contribution >= 4 is 57.2 Å². The number of nitrogens with one attached hydrogen (secondary N) is 1. The fourth-order valence-electron chi connectivity index (χ4n) is 2.80. The van der Waals surface area contributed by atoms with E-state index in [9.17, 15) is 14.0 Å². The summed E-state index contributed by atoms with van der Waals surface area (Å²) in [4.78, 5) is 30.6. The zero-order valence-electron chi connectivity index (χ0n) is 14.3. The molecule has 1 amide bonds. The molecule has 1 aliphatic heterocycles. The molecule has 1 aromatic heterocycles. The van der Waals surface area contributed by atoms with Crippen molar-refractivity contribution in [3.05, 3.63) is 39.1 Å². The van der Waals surface area contributed by atoms with Crippen LogP contribution in [0.1, 0.15) is 22.5 Å². The zero-order chi connectivity index (χ0) is 19.6. The van der Waals surface area contributed by atoms with E-state index in [2.05, 4.69) is 15.0 Å². The summed E-state index contributed by atoms with van der Waals surface area (Å²) in [7, 11) is 1.29. The zero-order valence-corrected chi connectivity index (χ0v) is 16.6. The number of rotatable bonds is 4. The predicted molar refractivity (Wildman–Crippen MR) is 103 cm³/mol. The molecule has 1 fully saturated rings. The van der Waals surface area contributed by atoms with E-state index in [0.717, 1.165) is 0 Å². The van der Waals surface area contributed by atoms with Crippen LogP contribution in [0, 0.1) is 11.7 Å². The van der Waals surface area contributed by atoms with Crippen molar-refractivity contribution in [3.63, 3.8) is 0 Å². The Morgan fingerprint density at radius 3 is 2.67 bits per heavy atom. The Morgan fingerprint density at radius 1 is 1.33 bits per heavy atom. The summed E-state index contributed by atoms with van der Waals surface area (Å²) in [5, 5.41) is 3.48. The third-order valence-corrected chi connectivity index (χ3v) is 6.04. The van der Waals surface area contributed by atoms with Crippen LogP contribution in [-0.2, 0) is 9.53 Å². The van der Waals surface area contributed by atoms with Crippen LogP contribution >= 0.6 is 34.5 Å². The Bertz CT molecular complexity index is 869. The molecule has 0 aliphatic carbocycles. The molecule has 0 atom stereocenters. The number of amides is 1. The number of aromatic nitrogens is 1. The van der Waals surface area contributed by atoms with E-state index < -0.39 is 11.8 Å². The number of piperidine rings is 1. The van der Waals surface area contributed by atoms with Crippen molar-refractivity contribution in [1.82, 2.24) is 4.98 Å². The first-order valence-electron chi connectivity index (χ1n) is 8.14. The van der Waals surface area contributed by atoms with E-state index in [1.54, 1.807) is 0 Å². The van der Waals surface area contributed by atoms with E-state index in [0.29, 0.717) is 36.8 Å². The number of hydrogen-bond donors (Lipinski definition) is 1. The van der Waals surface area contributed by atoms with Gasteiger partial charge in [0.2, 0.25) is 5.91 Å². The molecular formula is C17H16Cl2FN3O3S. The third kappa shape index (κ3) is 4.51. The number of hydrogen-bond acceptors (Lipinski definition) is 6. The highest BCUT2D eigenvalue weighted by Gasteiger charge is 2.28. The summed E-state index contributed by atoms with van der Waals surface area (Å²) in [6.45, 7) is 1.21. The molecule has 10 heteroatoms. The second-order valence-corrected chi connectivity index (χ2v) is 7.73. The lowest BCUT2D eigenvalue weighted by Gasteiger charge is -2.31. The molecular weight excluding hydrogens is 416 g/mol. The van der Waals surface area contributed by atoms with E-state index in [4.69, 9.17) is 23.2 Å². The van der Waals surface area contributed by atoms with Crippen molar-refractivity contribution in [3.8, 4) is 0 Å². The Morgan fingerprint density at radius 2 is 2.04 bits per heavy atom. The molecule has 0 spiro atoms. The second-order valence-electron chi connectivity index (χ2n) is 5.99. The van der Waals surface area contributed by atoms with Crippen molar-refractivity contribution < 1.29 is 18.7 Å². The number of halogens is 3. The number of ether oxygens (including phenoxy) is 1. The standard InChI is InChI=1S/C17H16Cl2FN3O3S/c1-26-16(25)13-14(19)22-17(27-13)23-6-4-9(5-7-23)15(24)21-10-2-3-12(20)11(18)8-10/h2-3,8-9H,4-7H2,1H3,(H,21,24). The highest BCUT2D eigenvalue weighted by Crippen LogP contribution is 2.33. The van der Waals surface area contributed by atoms with Gasteiger partial charge in [0.1, 0.15) is 5.82 Å². The minimum atomic E-state index is -0.531. The second kappa shape index (κ2) is 8.41. The van der Waals surface area contributed by atoms with Gasteiger partial charge in [-0.3, -0.25) is 4.79 Å². The number of carbonyl (C=O) groups is 2. The van der Waals surface area contributed by atoms with Crippen LogP contribution in [0.4, 0.5) is 15.2 Å². The lowest BCUT2D eigenvalue weighted by Crippen LogP contribution is -2.38. The lowest BCUT2D eigenvalue weighted by molar-refractivity contribution is -0.120. The summed E-state index contributed by atoms with van der Waals surface area (Å²) in [5.74, 6) is -1.36. The number of benzene rings is 1. The molecule has 1 aliphatic rings. The highest BCUT2D eigenvalue weighted by atomic mass is 35.5. The largest absolute Gasteiger partial charge is 0.465 e. The van der Waals surface area contributed by atoms with Crippen LogP contribution in [0.2, 0.25) is 10.2 Å². The van der Waals surface area contributed by atoms with Gasteiger partial charge in [-0.25, -0.2) is 14.2 Å². The Hall–Kier alpha value is -1.90. The molecule has 0 radical (unpaired) electrons. The third-order valence-electron chi connectivity index (χ3n) is 4.27. The number of esters is 1. The summed E-state index contributed by atoms with van der Waals surface area (Å²) < 4.78 is 17.9.